The third-order valence-electron chi connectivity index (χ3n) is 2.25. The molecule has 0 aliphatic carbocycles. The Labute approximate surface area is 95.4 Å². The Morgan fingerprint density at radius 2 is 1.88 bits per heavy atom. The smallest absolute Gasteiger partial charge is 0.283 e. The number of anilines is 1. The molecule has 0 saturated carbocycles. The number of amides is 1. The molecule has 16 heavy (non-hydrogen) atoms. The Hall–Kier alpha value is -1.90. The maximum Gasteiger partial charge on any atom is 0.303 e. The molecule has 0 bridgehead atoms. The Kier molecular flexibility index (Phi) is 3.61. The zero-order valence-electron chi connectivity index (χ0n) is 9.78. The zero-order valence-corrected chi connectivity index (χ0v) is 9.78. The van der Waals surface area contributed by atoms with Crippen molar-refractivity contribution in [1.82, 2.24) is 0 Å². The first kappa shape index (κ1) is 12.2. The van der Waals surface area contributed by atoms with Gasteiger partial charge >= 0.3 is 5.91 Å². The van der Waals surface area contributed by atoms with E-state index in [4.69, 9.17) is 0 Å². The number of ketones is 1. The van der Waals surface area contributed by atoms with E-state index in [1.165, 1.54) is 11.1 Å². The molecule has 3 nitrogen and oxygen atoms in total. The SMILES string of the molecule is C=CN1C(=O)C(=O)c2cc(C)ccc21.CC. The van der Waals surface area contributed by atoms with E-state index in [9.17, 15) is 9.59 Å². The van der Waals surface area contributed by atoms with E-state index < -0.39 is 11.7 Å². The van der Waals surface area contributed by atoms with Crippen LogP contribution in [0.15, 0.2) is 31.0 Å². The van der Waals surface area contributed by atoms with Gasteiger partial charge in [0.1, 0.15) is 0 Å². The number of fused-ring (bicyclic) bond motifs is 1. The van der Waals surface area contributed by atoms with Crippen molar-refractivity contribution in [3.8, 4) is 0 Å². The summed E-state index contributed by atoms with van der Waals surface area (Å²) in [5.41, 5.74) is 2.06. The topological polar surface area (TPSA) is 37.4 Å². The highest BCUT2D eigenvalue weighted by molar-refractivity contribution is 6.52. The van der Waals surface area contributed by atoms with Crippen LogP contribution in [0.5, 0.6) is 0 Å². The fourth-order valence-corrected chi connectivity index (χ4v) is 1.56. The van der Waals surface area contributed by atoms with Gasteiger partial charge < -0.3 is 0 Å². The van der Waals surface area contributed by atoms with Gasteiger partial charge in [0.25, 0.3) is 5.78 Å². The lowest BCUT2D eigenvalue weighted by Gasteiger charge is -2.09. The van der Waals surface area contributed by atoms with E-state index in [1.807, 2.05) is 26.8 Å². The molecule has 0 aromatic heterocycles. The number of rotatable bonds is 1. The van der Waals surface area contributed by atoms with Gasteiger partial charge in [0, 0.05) is 6.20 Å². The molecule has 0 spiro atoms. The van der Waals surface area contributed by atoms with Crippen molar-refractivity contribution >= 4 is 17.4 Å². The van der Waals surface area contributed by atoms with E-state index in [-0.39, 0.29) is 0 Å². The summed E-state index contributed by atoms with van der Waals surface area (Å²) >= 11 is 0. The first-order chi connectivity index (χ1) is 7.65. The van der Waals surface area contributed by atoms with Gasteiger partial charge in [0.15, 0.2) is 0 Å². The van der Waals surface area contributed by atoms with Gasteiger partial charge in [-0.1, -0.05) is 32.1 Å². The number of Topliss-reactive ketones (excluding diaryl/α,β-unsaturated/α-hetero) is 1. The van der Waals surface area contributed by atoms with Gasteiger partial charge in [-0.3, -0.25) is 14.5 Å². The molecule has 1 amide bonds. The molecule has 0 N–H and O–H groups in total. The van der Waals surface area contributed by atoms with Crippen LogP contribution >= 0.6 is 0 Å². The number of carbonyl (C=O) groups is 2. The van der Waals surface area contributed by atoms with Gasteiger partial charge in [-0.05, 0) is 19.1 Å². The monoisotopic (exact) mass is 217 g/mol. The highest BCUT2D eigenvalue weighted by Gasteiger charge is 2.33. The third-order valence-corrected chi connectivity index (χ3v) is 2.25. The van der Waals surface area contributed by atoms with E-state index in [2.05, 4.69) is 6.58 Å². The van der Waals surface area contributed by atoms with Crippen LogP contribution in [-0.4, -0.2) is 11.7 Å². The molecular formula is C13H15NO2. The molecule has 0 atom stereocenters. The molecule has 1 heterocycles. The summed E-state index contributed by atoms with van der Waals surface area (Å²) in [6, 6.07) is 5.34. The Balaban J connectivity index is 0.000000606. The Morgan fingerprint density at radius 3 is 2.44 bits per heavy atom. The first-order valence-electron chi connectivity index (χ1n) is 5.26. The standard InChI is InChI=1S/C11H9NO2.C2H6/c1-3-12-9-5-4-7(2)6-8(9)10(13)11(12)14;1-2/h3-6H,1H2,2H3;1-2H3. The zero-order chi connectivity index (χ0) is 12.3. The van der Waals surface area contributed by atoms with Gasteiger partial charge in [0.2, 0.25) is 0 Å². The van der Waals surface area contributed by atoms with Crippen molar-refractivity contribution in [2.75, 3.05) is 4.90 Å². The minimum atomic E-state index is -0.527. The molecule has 84 valence electrons. The van der Waals surface area contributed by atoms with Crippen LogP contribution in [0.2, 0.25) is 0 Å². The molecule has 0 radical (unpaired) electrons. The van der Waals surface area contributed by atoms with Crippen molar-refractivity contribution in [2.45, 2.75) is 20.8 Å². The summed E-state index contributed by atoms with van der Waals surface area (Å²) in [7, 11) is 0. The summed E-state index contributed by atoms with van der Waals surface area (Å²) in [6.45, 7) is 9.39. The van der Waals surface area contributed by atoms with Crippen molar-refractivity contribution in [2.24, 2.45) is 0 Å². The van der Waals surface area contributed by atoms with E-state index in [1.54, 1.807) is 12.1 Å². The first-order valence-corrected chi connectivity index (χ1v) is 5.26. The molecule has 0 saturated heterocycles. The molecular weight excluding hydrogens is 202 g/mol. The van der Waals surface area contributed by atoms with Crippen LogP contribution in [0.3, 0.4) is 0 Å². The van der Waals surface area contributed by atoms with Crippen LogP contribution in [0.25, 0.3) is 0 Å². The van der Waals surface area contributed by atoms with Crippen molar-refractivity contribution < 1.29 is 9.59 Å². The summed E-state index contributed by atoms with van der Waals surface area (Å²) in [4.78, 5) is 24.2. The average molecular weight is 217 g/mol. The largest absolute Gasteiger partial charge is 0.303 e. The number of hydrogen-bond donors (Lipinski definition) is 0. The molecule has 1 aromatic rings. The Morgan fingerprint density at radius 1 is 1.25 bits per heavy atom. The minimum absolute atomic E-state index is 0.455. The third kappa shape index (κ3) is 1.76. The quantitative estimate of drug-likeness (QED) is 0.678. The highest BCUT2D eigenvalue weighted by Crippen LogP contribution is 2.29. The van der Waals surface area contributed by atoms with E-state index in [0.717, 1.165) is 5.56 Å². The Bertz CT molecular complexity index is 449. The van der Waals surface area contributed by atoms with E-state index in [0.29, 0.717) is 11.3 Å². The van der Waals surface area contributed by atoms with Crippen LogP contribution in [0.1, 0.15) is 29.8 Å². The molecule has 1 aromatic carbocycles. The van der Waals surface area contributed by atoms with Gasteiger partial charge in [-0.15, -0.1) is 0 Å². The fourth-order valence-electron chi connectivity index (χ4n) is 1.56. The molecule has 0 fully saturated rings. The lowest BCUT2D eigenvalue weighted by atomic mass is 10.1. The number of aryl methyl sites for hydroxylation is 1. The summed E-state index contributed by atoms with van der Waals surface area (Å²) < 4.78 is 0. The van der Waals surface area contributed by atoms with Gasteiger partial charge in [0.05, 0.1) is 11.3 Å². The van der Waals surface area contributed by atoms with Crippen molar-refractivity contribution in [3.63, 3.8) is 0 Å². The molecule has 1 aliphatic rings. The van der Waals surface area contributed by atoms with Gasteiger partial charge in [-0.25, -0.2) is 0 Å². The number of benzene rings is 1. The summed E-state index contributed by atoms with van der Waals surface area (Å²) in [5, 5.41) is 0. The summed E-state index contributed by atoms with van der Waals surface area (Å²) in [6.07, 6.45) is 1.36. The second-order valence-corrected chi connectivity index (χ2v) is 3.21. The maximum absolute atomic E-state index is 11.5. The van der Waals surface area contributed by atoms with Gasteiger partial charge in [-0.2, -0.15) is 0 Å². The molecule has 3 heteroatoms. The number of carbonyl (C=O) groups excluding carboxylic acids is 2. The van der Waals surface area contributed by atoms with Crippen molar-refractivity contribution in [1.29, 1.82) is 0 Å². The predicted molar refractivity (Wildman–Crippen MR) is 64.5 cm³/mol. The second-order valence-electron chi connectivity index (χ2n) is 3.21. The normalized spacial score (nSPS) is 13.1. The van der Waals surface area contributed by atoms with Crippen LogP contribution in [0, 0.1) is 6.92 Å². The van der Waals surface area contributed by atoms with Crippen LogP contribution in [0.4, 0.5) is 5.69 Å². The minimum Gasteiger partial charge on any atom is -0.283 e. The lowest BCUT2D eigenvalue weighted by Crippen LogP contribution is -2.23. The summed E-state index contributed by atoms with van der Waals surface area (Å²) in [5.74, 6) is -0.982. The second kappa shape index (κ2) is 4.75. The highest BCUT2D eigenvalue weighted by atomic mass is 16.2. The molecule has 2 rings (SSSR count). The number of nitrogens with zero attached hydrogens (tertiary/aromatic N) is 1. The fraction of sp³-hybridized carbons (Fsp3) is 0.231. The average Bonchev–Trinajstić information content (AvgIpc) is 2.55. The van der Waals surface area contributed by atoms with E-state index >= 15 is 0 Å². The number of hydrogen-bond acceptors (Lipinski definition) is 2. The predicted octanol–water partition coefficient (Wildman–Crippen LogP) is 2.69. The van der Waals surface area contributed by atoms with Crippen LogP contribution in [-0.2, 0) is 4.79 Å². The van der Waals surface area contributed by atoms with Crippen molar-refractivity contribution in [3.05, 3.63) is 42.1 Å². The molecule has 0 unspecified atom stereocenters. The maximum atomic E-state index is 11.5. The van der Waals surface area contributed by atoms with Crippen LogP contribution < -0.4 is 4.90 Å². The molecule has 1 aliphatic heterocycles. The lowest BCUT2D eigenvalue weighted by molar-refractivity contribution is -0.113.